The van der Waals surface area contributed by atoms with E-state index in [9.17, 15) is 0 Å². The van der Waals surface area contributed by atoms with Crippen LogP contribution in [0.5, 0.6) is 0 Å². The summed E-state index contributed by atoms with van der Waals surface area (Å²) in [6.07, 6.45) is 7.05. The van der Waals surface area contributed by atoms with Gasteiger partial charge in [0.15, 0.2) is 0 Å². The lowest BCUT2D eigenvalue weighted by Gasteiger charge is -2.40. The van der Waals surface area contributed by atoms with E-state index in [1.807, 2.05) is 0 Å². The maximum Gasteiger partial charge on any atom is 0.0120 e. The number of hydrogen-bond acceptors (Lipinski definition) is 2. The van der Waals surface area contributed by atoms with Crippen molar-refractivity contribution in [3.8, 4) is 0 Å². The molecule has 0 radical (unpaired) electrons. The van der Waals surface area contributed by atoms with Crippen LogP contribution in [0.2, 0.25) is 0 Å². The minimum absolute atomic E-state index is 0.766. The molecule has 0 bridgehead atoms. The lowest BCUT2D eigenvalue weighted by atomic mass is 9.84. The van der Waals surface area contributed by atoms with Gasteiger partial charge in [0.2, 0.25) is 0 Å². The first-order chi connectivity index (χ1) is 7.66. The second-order valence-electron chi connectivity index (χ2n) is 6.17. The molecule has 0 aromatic carbocycles. The van der Waals surface area contributed by atoms with Crippen LogP contribution in [0, 0.1) is 11.8 Å². The van der Waals surface area contributed by atoms with Crippen LogP contribution in [0.1, 0.15) is 46.0 Å². The minimum atomic E-state index is 0.766. The number of rotatable bonds is 2. The van der Waals surface area contributed by atoms with Crippen LogP contribution in [0.25, 0.3) is 0 Å². The molecule has 0 aromatic rings. The average molecular weight is 224 g/mol. The number of likely N-dealkylation sites (tertiary alicyclic amines) is 1. The smallest absolute Gasteiger partial charge is 0.0120 e. The third-order valence-electron chi connectivity index (χ3n) is 4.65. The molecule has 0 spiro atoms. The van der Waals surface area contributed by atoms with E-state index >= 15 is 0 Å². The summed E-state index contributed by atoms with van der Waals surface area (Å²) in [6.45, 7) is 7.36. The molecule has 2 aliphatic rings. The van der Waals surface area contributed by atoms with Gasteiger partial charge in [0, 0.05) is 18.6 Å². The molecular formula is C14H28N2. The van der Waals surface area contributed by atoms with Crippen LogP contribution in [-0.4, -0.2) is 37.1 Å². The van der Waals surface area contributed by atoms with E-state index in [4.69, 9.17) is 0 Å². The second-order valence-corrected chi connectivity index (χ2v) is 6.17. The molecule has 1 saturated carbocycles. The third kappa shape index (κ3) is 2.98. The monoisotopic (exact) mass is 224 g/mol. The summed E-state index contributed by atoms with van der Waals surface area (Å²) in [6, 6.07) is 1.56. The first-order valence-electron chi connectivity index (χ1n) is 7.11. The van der Waals surface area contributed by atoms with E-state index in [1.54, 1.807) is 0 Å². The van der Waals surface area contributed by atoms with Crippen molar-refractivity contribution in [2.75, 3.05) is 20.1 Å². The fourth-order valence-corrected chi connectivity index (χ4v) is 3.44. The van der Waals surface area contributed by atoms with Crippen molar-refractivity contribution in [1.82, 2.24) is 10.2 Å². The van der Waals surface area contributed by atoms with E-state index in [0.29, 0.717) is 0 Å². The predicted molar refractivity (Wildman–Crippen MR) is 69.6 cm³/mol. The zero-order chi connectivity index (χ0) is 11.5. The van der Waals surface area contributed by atoms with Crippen molar-refractivity contribution >= 4 is 0 Å². The van der Waals surface area contributed by atoms with Gasteiger partial charge in [-0.3, -0.25) is 0 Å². The maximum atomic E-state index is 3.95. The highest BCUT2D eigenvalue weighted by Gasteiger charge is 2.29. The summed E-state index contributed by atoms with van der Waals surface area (Å²) >= 11 is 0. The van der Waals surface area contributed by atoms with E-state index in [-0.39, 0.29) is 0 Å². The summed E-state index contributed by atoms with van der Waals surface area (Å²) < 4.78 is 0. The van der Waals surface area contributed by atoms with Gasteiger partial charge >= 0.3 is 0 Å². The summed E-state index contributed by atoms with van der Waals surface area (Å²) in [4.78, 5) is 2.47. The SMILES string of the molecule is CC1CCCCC1NC1CCN(C)CC1C. The highest BCUT2D eigenvalue weighted by Crippen LogP contribution is 2.26. The standard InChI is InChI=1S/C14H28N2/c1-11-6-4-5-7-13(11)15-14-8-9-16(3)10-12(14)2/h11-15H,4-10H2,1-3H3. The van der Waals surface area contributed by atoms with Gasteiger partial charge in [-0.05, 0) is 44.7 Å². The summed E-state index contributed by atoms with van der Waals surface area (Å²) in [5.74, 6) is 1.70. The fraction of sp³-hybridized carbons (Fsp3) is 1.00. The summed E-state index contributed by atoms with van der Waals surface area (Å²) in [5.41, 5.74) is 0. The molecule has 1 N–H and O–H groups in total. The molecule has 16 heavy (non-hydrogen) atoms. The Balaban J connectivity index is 1.83. The van der Waals surface area contributed by atoms with Gasteiger partial charge in [0.1, 0.15) is 0 Å². The van der Waals surface area contributed by atoms with Gasteiger partial charge in [0.05, 0.1) is 0 Å². The quantitative estimate of drug-likeness (QED) is 0.775. The Morgan fingerprint density at radius 1 is 0.938 bits per heavy atom. The molecule has 2 rings (SSSR count). The summed E-state index contributed by atoms with van der Waals surface area (Å²) in [7, 11) is 2.25. The van der Waals surface area contributed by atoms with Crippen LogP contribution in [0.15, 0.2) is 0 Å². The Kier molecular flexibility index (Phi) is 4.26. The number of nitrogens with zero attached hydrogens (tertiary/aromatic N) is 1. The number of nitrogens with one attached hydrogen (secondary N) is 1. The maximum absolute atomic E-state index is 3.95. The molecule has 2 fully saturated rings. The second kappa shape index (κ2) is 5.50. The molecule has 1 saturated heterocycles. The molecule has 0 amide bonds. The number of piperidine rings is 1. The molecule has 0 aromatic heterocycles. The van der Waals surface area contributed by atoms with Crippen molar-refractivity contribution in [2.45, 2.75) is 58.0 Å². The zero-order valence-electron chi connectivity index (χ0n) is 11.2. The predicted octanol–water partition coefficient (Wildman–Crippen LogP) is 2.49. The van der Waals surface area contributed by atoms with E-state index in [0.717, 1.165) is 23.9 Å². The van der Waals surface area contributed by atoms with Gasteiger partial charge < -0.3 is 10.2 Å². The van der Waals surface area contributed by atoms with Gasteiger partial charge in [-0.1, -0.05) is 26.7 Å². The van der Waals surface area contributed by atoms with E-state index < -0.39 is 0 Å². The Bertz CT molecular complexity index is 217. The van der Waals surface area contributed by atoms with E-state index in [1.165, 1.54) is 45.2 Å². The minimum Gasteiger partial charge on any atom is -0.311 e. The Morgan fingerprint density at radius 3 is 2.31 bits per heavy atom. The molecule has 1 aliphatic carbocycles. The van der Waals surface area contributed by atoms with Gasteiger partial charge in [0.25, 0.3) is 0 Å². The van der Waals surface area contributed by atoms with Crippen molar-refractivity contribution in [3.05, 3.63) is 0 Å². The van der Waals surface area contributed by atoms with Crippen molar-refractivity contribution < 1.29 is 0 Å². The van der Waals surface area contributed by atoms with Crippen LogP contribution in [0.4, 0.5) is 0 Å². The van der Waals surface area contributed by atoms with Crippen LogP contribution in [-0.2, 0) is 0 Å². The van der Waals surface area contributed by atoms with Crippen molar-refractivity contribution in [2.24, 2.45) is 11.8 Å². The van der Waals surface area contributed by atoms with Crippen LogP contribution in [0.3, 0.4) is 0 Å². The molecule has 2 heteroatoms. The molecule has 1 aliphatic heterocycles. The number of hydrogen-bond donors (Lipinski definition) is 1. The van der Waals surface area contributed by atoms with Gasteiger partial charge in [-0.15, -0.1) is 0 Å². The molecule has 2 nitrogen and oxygen atoms in total. The van der Waals surface area contributed by atoms with Gasteiger partial charge in [-0.2, -0.15) is 0 Å². The molecule has 4 atom stereocenters. The largest absolute Gasteiger partial charge is 0.311 e. The molecule has 1 heterocycles. The average Bonchev–Trinajstić information content (AvgIpc) is 2.25. The third-order valence-corrected chi connectivity index (χ3v) is 4.65. The first-order valence-corrected chi connectivity index (χ1v) is 7.11. The normalized spacial score (nSPS) is 42.2. The van der Waals surface area contributed by atoms with Crippen molar-refractivity contribution in [3.63, 3.8) is 0 Å². The van der Waals surface area contributed by atoms with Gasteiger partial charge in [-0.25, -0.2) is 0 Å². The highest BCUT2D eigenvalue weighted by atomic mass is 15.1. The zero-order valence-corrected chi connectivity index (χ0v) is 11.2. The Labute approximate surface area is 101 Å². The molecule has 4 unspecified atom stereocenters. The fourth-order valence-electron chi connectivity index (χ4n) is 3.44. The van der Waals surface area contributed by atoms with Crippen LogP contribution < -0.4 is 5.32 Å². The topological polar surface area (TPSA) is 15.3 Å². The first kappa shape index (κ1) is 12.4. The Morgan fingerprint density at radius 2 is 1.62 bits per heavy atom. The van der Waals surface area contributed by atoms with Crippen LogP contribution >= 0.6 is 0 Å². The Hall–Kier alpha value is -0.0800. The van der Waals surface area contributed by atoms with E-state index in [2.05, 4.69) is 31.1 Å². The molecular weight excluding hydrogens is 196 g/mol. The molecule has 94 valence electrons. The summed E-state index contributed by atoms with van der Waals surface area (Å²) in [5, 5.41) is 3.95. The highest BCUT2D eigenvalue weighted by molar-refractivity contribution is 4.87. The lowest BCUT2D eigenvalue weighted by Crippen LogP contribution is -2.52. The lowest BCUT2D eigenvalue weighted by molar-refractivity contribution is 0.146. The van der Waals surface area contributed by atoms with Crippen molar-refractivity contribution in [1.29, 1.82) is 0 Å².